The number of hydrogen-bond donors (Lipinski definition) is 1. The van der Waals surface area contributed by atoms with Crippen molar-refractivity contribution in [2.24, 2.45) is 0 Å². The van der Waals surface area contributed by atoms with Crippen LogP contribution >= 0.6 is 15.9 Å². The number of carbonyl (C=O) groups is 1. The monoisotopic (exact) mass is 307 g/mol. The van der Waals surface area contributed by atoms with E-state index in [0.29, 0.717) is 12.2 Å². The molecule has 94 valence electrons. The Balaban J connectivity index is 2.25. The van der Waals surface area contributed by atoms with E-state index in [0.717, 1.165) is 15.9 Å². The second kappa shape index (κ2) is 5.35. The number of anilines is 1. The third kappa shape index (κ3) is 2.61. The summed E-state index contributed by atoms with van der Waals surface area (Å²) in [7, 11) is 0. The zero-order chi connectivity index (χ0) is 13.1. The molecule has 18 heavy (non-hydrogen) atoms. The summed E-state index contributed by atoms with van der Waals surface area (Å²) >= 11 is 3.40. The molecular formula is C13H14BrN3O. The fourth-order valence-corrected chi connectivity index (χ4v) is 2.10. The molecule has 0 saturated heterocycles. The summed E-state index contributed by atoms with van der Waals surface area (Å²) in [5.41, 5.74) is 2.17. The van der Waals surface area contributed by atoms with Crippen LogP contribution < -0.4 is 5.32 Å². The molecule has 0 saturated carbocycles. The van der Waals surface area contributed by atoms with Crippen LogP contribution in [0.5, 0.6) is 0 Å². The predicted octanol–water partition coefficient (Wildman–Crippen LogP) is 3.23. The molecule has 1 heterocycles. The molecule has 0 fully saturated rings. The molecule has 0 aliphatic heterocycles. The lowest BCUT2D eigenvalue weighted by atomic mass is 10.3. The van der Waals surface area contributed by atoms with Crippen molar-refractivity contribution in [3.8, 4) is 0 Å². The Morgan fingerprint density at radius 2 is 2.17 bits per heavy atom. The minimum absolute atomic E-state index is 0.149. The molecule has 0 atom stereocenters. The van der Waals surface area contributed by atoms with E-state index in [-0.39, 0.29) is 5.91 Å². The summed E-state index contributed by atoms with van der Waals surface area (Å²) in [5.74, 6) is -0.149. The molecular weight excluding hydrogens is 294 g/mol. The summed E-state index contributed by atoms with van der Waals surface area (Å²) in [4.78, 5) is 12.2. The highest BCUT2D eigenvalue weighted by Crippen LogP contribution is 2.21. The minimum atomic E-state index is -0.149. The zero-order valence-corrected chi connectivity index (χ0v) is 11.9. The van der Waals surface area contributed by atoms with Gasteiger partial charge in [-0.1, -0.05) is 12.1 Å². The first kappa shape index (κ1) is 12.8. The van der Waals surface area contributed by atoms with Crippen LogP contribution in [-0.2, 0) is 6.54 Å². The number of nitrogens with zero attached hydrogens (tertiary/aromatic N) is 2. The lowest BCUT2D eigenvalue weighted by Crippen LogP contribution is -2.17. The quantitative estimate of drug-likeness (QED) is 0.946. The van der Waals surface area contributed by atoms with Gasteiger partial charge in [0.2, 0.25) is 0 Å². The number of benzene rings is 1. The molecule has 2 aromatic rings. The van der Waals surface area contributed by atoms with E-state index in [2.05, 4.69) is 26.3 Å². The average Bonchev–Trinajstić information content (AvgIpc) is 2.73. The molecule has 1 N–H and O–H groups in total. The molecule has 1 aromatic carbocycles. The van der Waals surface area contributed by atoms with E-state index in [9.17, 15) is 4.79 Å². The van der Waals surface area contributed by atoms with Gasteiger partial charge in [0.15, 0.2) is 0 Å². The molecule has 0 radical (unpaired) electrons. The zero-order valence-electron chi connectivity index (χ0n) is 10.3. The average molecular weight is 308 g/mol. The molecule has 1 aromatic heterocycles. The van der Waals surface area contributed by atoms with Gasteiger partial charge in [-0.25, -0.2) is 0 Å². The van der Waals surface area contributed by atoms with Crippen LogP contribution in [0.25, 0.3) is 0 Å². The summed E-state index contributed by atoms with van der Waals surface area (Å²) in [6.07, 6.45) is 0. The van der Waals surface area contributed by atoms with E-state index in [1.165, 1.54) is 0 Å². The molecule has 0 spiro atoms. The maximum Gasteiger partial charge on any atom is 0.273 e. The normalized spacial score (nSPS) is 10.4. The van der Waals surface area contributed by atoms with Gasteiger partial charge in [0, 0.05) is 11.0 Å². The van der Waals surface area contributed by atoms with E-state index in [1.807, 2.05) is 38.1 Å². The van der Waals surface area contributed by atoms with Crippen molar-refractivity contribution in [3.63, 3.8) is 0 Å². The standard InChI is InChI=1S/C13H14BrN3O/c1-3-17-12(8-9(2)16-17)13(18)15-11-7-5-4-6-10(11)14/h4-8H,3H2,1-2H3,(H,15,18). The number of para-hydroxylation sites is 1. The maximum absolute atomic E-state index is 12.2. The first-order chi connectivity index (χ1) is 8.61. The van der Waals surface area contributed by atoms with Crippen LogP contribution in [0, 0.1) is 6.92 Å². The summed E-state index contributed by atoms with van der Waals surface area (Å²) in [6.45, 7) is 4.51. The fourth-order valence-electron chi connectivity index (χ4n) is 1.72. The SMILES string of the molecule is CCn1nc(C)cc1C(=O)Nc1ccccc1Br. The van der Waals surface area contributed by atoms with E-state index in [4.69, 9.17) is 0 Å². The second-order valence-corrected chi connectivity index (χ2v) is 4.78. The van der Waals surface area contributed by atoms with Gasteiger partial charge in [-0.15, -0.1) is 0 Å². The number of nitrogens with one attached hydrogen (secondary N) is 1. The van der Waals surface area contributed by atoms with Crippen LogP contribution in [0.15, 0.2) is 34.8 Å². The van der Waals surface area contributed by atoms with Crippen molar-refractivity contribution in [3.05, 3.63) is 46.2 Å². The number of rotatable bonds is 3. The molecule has 4 nitrogen and oxygen atoms in total. The highest BCUT2D eigenvalue weighted by Gasteiger charge is 2.13. The lowest BCUT2D eigenvalue weighted by Gasteiger charge is -2.08. The van der Waals surface area contributed by atoms with Gasteiger partial charge >= 0.3 is 0 Å². The van der Waals surface area contributed by atoms with Gasteiger partial charge in [-0.05, 0) is 48.0 Å². The Hall–Kier alpha value is -1.62. The Bertz CT molecular complexity index is 577. The van der Waals surface area contributed by atoms with Crippen LogP contribution in [0.4, 0.5) is 5.69 Å². The van der Waals surface area contributed by atoms with Crippen molar-refractivity contribution >= 4 is 27.5 Å². The summed E-state index contributed by atoms with van der Waals surface area (Å²) in [5, 5.41) is 7.13. The van der Waals surface area contributed by atoms with Crippen molar-refractivity contribution in [2.75, 3.05) is 5.32 Å². The predicted molar refractivity (Wildman–Crippen MR) is 74.7 cm³/mol. The second-order valence-electron chi connectivity index (χ2n) is 3.92. The van der Waals surface area contributed by atoms with Gasteiger partial charge < -0.3 is 5.32 Å². The molecule has 0 bridgehead atoms. The molecule has 0 unspecified atom stereocenters. The molecule has 2 rings (SSSR count). The minimum Gasteiger partial charge on any atom is -0.320 e. The summed E-state index contributed by atoms with van der Waals surface area (Å²) < 4.78 is 2.55. The van der Waals surface area contributed by atoms with Gasteiger partial charge in [0.1, 0.15) is 5.69 Å². The van der Waals surface area contributed by atoms with Crippen LogP contribution in [0.2, 0.25) is 0 Å². The van der Waals surface area contributed by atoms with E-state index >= 15 is 0 Å². The third-order valence-electron chi connectivity index (χ3n) is 2.56. The van der Waals surface area contributed by atoms with Crippen molar-refractivity contribution in [1.29, 1.82) is 0 Å². The Morgan fingerprint density at radius 3 is 2.83 bits per heavy atom. The number of aryl methyl sites for hydroxylation is 2. The van der Waals surface area contributed by atoms with Crippen LogP contribution in [0.3, 0.4) is 0 Å². The smallest absolute Gasteiger partial charge is 0.273 e. The number of hydrogen-bond acceptors (Lipinski definition) is 2. The largest absolute Gasteiger partial charge is 0.320 e. The number of carbonyl (C=O) groups excluding carboxylic acids is 1. The Morgan fingerprint density at radius 1 is 1.44 bits per heavy atom. The molecule has 0 aliphatic rings. The Labute approximate surface area is 114 Å². The number of amides is 1. The fraction of sp³-hybridized carbons (Fsp3) is 0.231. The third-order valence-corrected chi connectivity index (χ3v) is 3.25. The highest BCUT2D eigenvalue weighted by molar-refractivity contribution is 9.10. The van der Waals surface area contributed by atoms with Gasteiger partial charge in [0.25, 0.3) is 5.91 Å². The first-order valence-corrected chi connectivity index (χ1v) is 6.51. The molecule has 1 amide bonds. The lowest BCUT2D eigenvalue weighted by molar-refractivity contribution is 0.101. The van der Waals surface area contributed by atoms with Crippen LogP contribution in [0.1, 0.15) is 23.1 Å². The van der Waals surface area contributed by atoms with Gasteiger partial charge in [-0.3, -0.25) is 9.48 Å². The van der Waals surface area contributed by atoms with Crippen molar-refractivity contribution in [2.45, 2.75) is 20.4 Å². The van der Waals surface area contributed by atoms with Crippen molar-refractivity contribution in [1.82, 2.24) is 9.78 Å². The molecule has 0 aliphatic carbocycles. The maximum atomic E-state index is 12.2. The van der Waals surface area contributed by atoms with Gasteiger partial charge in [-0.2, -0.15) is 5.10 Å². The Kier molecular flexibility index (Phi) is 3.81. The number of aromatic nitrogens is 2. The molecule has 5 heteroatoms. The van der Waals surface area contributed by atoms with E-state index < -0.39 is 0 Å². The number of halogens is 1. The highest BCUT2D eigenvalue weighted by atomic mass is 79.9. The van der Waals surface area contributed by atoms with Gasteiger partial charge in [0.05, 0.1) is 11.4 Å². The van der Waals surface area contributed by atoms with Crippen molar-refractivity contribution < 1.29 is 4.79 Å². The van der Waals surface area contributed by atoms with Crippen LogP contribution in [-0.4, -0.2) is 15.7 Å². The topological polar surface area (TPSA) is 46.9 Å². The summed E-state index contributed by atoms with van der Waals surface area (Å²) in [6, 6.07) is 9.30. The first-order valence-electron chi connectivity index (χ1n) is 5.72. The van der Waals surface area contributed by atoms with E-state index in [1.54, 1.807) is 10.7 Å².